The fraction of sp³-hybridized carbons (Fsp3) is 0.526. The van der Waals surface area contributed by atoms with Gasteiger partial charge in [-0.25, -0.2) is 4.79 Å². The summed E-state index contributed by atoms with van der Waals surface area (Å²) in [5.74, 6) is -0.0519. The van der Waals surface area contributed by atoms with E-state index in [1.807, 2.05) is 31.2 Å². The molecule has 1 aliphatic carbocycles. The molecule has 0 bridgehead atoms. The van der Waals surface area contributed by atoms with Gasteiger partial charge in [0.05, 0.1) is 6.04 Å². The summed E-state index contributed by atoms with van der Waals surface area (Å²) in [6.45, 7) is 3.77. The molecule has 7 heteroatoms. The quantitative estimate of drug-likeness (QED) is 0.732. The van der Waals surface area contributed by atoms with Crippen LogP contribution in [0.1, 0.15) is 51.1 Å². The van der Waals surface area contributed by atoms with Gasteiger partial charge in [-0.15, -0.1) is 0 Å². The van der Waals surface area contributed by atoms with E-state index in [9.17, 15) is 14.4 Å². The maximum absolute atomic E-state index is 12.8. The Labute approximate surface area is 161 Å². The van der Waals surface area contributed by atoms with Crippen LogP contribution in [0.15, 0.2) is 28.7 Å². The Hall–Kier alpha value is -1.89. The Kier molecular flexibility index (Phi) is 5.37. The summed E-state index contributed by atoms with van der Waals surface area (Å²) < 4.78 is 0.901. The minimum absolute atomic E-state index is 0.233. The summed E-state index contributed by atoms with van der Waals surface area (Å²) in [6, 6.07) is 6.93. The van der Waals surface area contributed by atoms with Crippen LogP contribution in [-0.2, 0) is 9.59 Å². The predicted molar refractivity (Wildman–Crippen MR) is 101 cm³/mol. The number of hydrogen-bond donors (Lipinski definition) is 2. The van der Waals surface area contributed by atoms with Crippen LogP contribution in [0.2, 0.25) is 0 Å². The summed E-state index contributed by atoms with van der Waals surface area (Å²) in [6.07, 6.45) is 3.10. The van der Waals surface area contributed by atoms with Crippen LogP contribution in [0.25, 0.3) is 0 Å². The summed E-state index contributed by atoms with van der Waals surface area (Å²) in [7, 11) is 0. The minimum atomic E-state index is -0.808. The highest BCUT2D eigenvalue weighted by atomic mass is 79.9. The largest absolute Gasteiger partial charge is 0.348 e. The fourth-order valence-electron chi connectivity index (χ4n) is 3.75. The summed E-state index contributed by atoms with van der Waals surface area (Å²) >= 11 is 3.47. The molecular formula is C19H24BrN3O3. The summed E-state index contributed by atoms with van der Waals surface area (Å²) in [4.78, 5) is 38.6. The molecule has 1 atom stereocenters. The van der Waals surface area contributed by atoms with Crippen molar-refractivity contribution in [1.29, 1.82) is 0 Å². The number of nitrogens with zero attached hydrogens (tertiary/aromatic N) is 1. The first kappa shape index (κ1) is 18.9. The average molecular weight is 422 g/mol. The molecule has 1 aromatic carbocycles. The Morgan fingerprint density at radius 1 is 1.35 bits per heavy atom. The Morgan fingerprint density at radius 2 is 2.00 bits per heavy atom. The molecule has 3 rings (SSSR count). The Bertz CT molecular complexity index is 728. The lowest BCUT2D eigenvalue weighted by molar-refractivity contribution is -0.136. The second-order valence-corrected chi connectivity index (χ2v) is 8.25. The van der Waals surface area contributed by atoms with E-state index in [0.717, 1.165) is 27.8 Å². The maximum atomic E-state index is 12.8. The highest BCUT2D eigenvalue weighted by Crippen LogP contribution is 2.36. The number of carbonyl (C=O) groups is 3. The third kappa shape index (κ3) is 3.63. The predicted octanol–water partition coefficient (Wildman–Crippen LogP) is 3.13. The zero-order valence-electron chi connectivity index (χ0n) is 15.0. The zero-order chi connectivity index (χ0) is 18.9. The molecule has 0 aromatic heterocycles. The first-order valence-electron chi connectivity index (χ1n) is 9.00. The average Bonchev–Trinajstić information content (AvgIpc) is 2.82. The molecule has 1 saturated carbocycles. The molecule has 0 unspecified atom stereocenters. The van der Waals surface area contributed by atoms with Crippen LogP contribution in [-0.4, -0.2) is 34.8 Å². The van der Waals surface area contributed by atoms with Gasteiger partial charge in [0.2, 0.25) is 5.91 Å². The van der Waals surface area contributed by atoms with E-state index in [1.165, 1.54) is 0 Å². The number of imide groups is 1. The topological polar surface area (TPSA) is 78.5 Å². The number of halogens is 1. The van der Waals surface area contributed by atoms with Crippen molar-refractivity contribution >= 4 is 33.8 Å². The number of urea groups is 1. The number of nitrogens with one attached hydrogen (secondary N) is 2. The molecular weight excluding hydrogens is 398 g/mol. The highest BCUT2D eigenvalue weighted by Gasteiger charge is 2.52. The van der Waals surface area contributed by atoms with Crippen LogP contribution in [0.5, 0.6) is 0 Å². The van der Waals surface area contributed by atoms with Crippen molar-refractivity contribution in [2.45, 2.75) is 51.1 Å². The van der Waals surface area contributed by atoms with Crippen molar-refractivity contribution in [2.24, 2.45) is 5.92 Å². The summed E-state index contributed by atoms with van der Waals surface area (Å²) in [5, 5.41) is 5.70. The third-order valence-corrected chi connectivity index (χ3v) is 6.15. The number of carbonyl (C=O) groups excluding carboxylic acids is 3. The van der Waals surface area contributed by atoms with Gasteiger partial charge in [-0.2, -0.15) is 0 Å². The van der Waals surface area contributed by atoms with E-state index >= 15 is 0 Å². The molecule has 6 nitrogen and oxygen atoms in total. The van der Waals surface area contributed by atoms with Gasteiger partial charge in [0.1, 0.15) is 12.1 Å². The van der Waals surface area contributed by atoms with Crippen LogP contribution in [0.4, 0.5) is 4.79 Å². The summed E-state index contributed by atoms with van der Waals surface area (Å²) in [5.41, 5.74) is 0.133. The lowest BCUT2D eigenvalue weighted by atomic mass is 9.77. The van der Waals surface area contributed by atoms with Gasteiger partial charge < -0.3 is 10.6 Å². The molecule has 140 valence electrons. The smallest absolute Gasteiger partial charge is 0.325 e. The molecule has 2 aliphatic rings. The van der Waals surface area contributed by atoms with Gasteiger partial charge >= 0.3 is 6.03 Å². The molecule has 0 radical (unpaired) electrons. The normalized spacial score (nSPS) is 26.7. The van der Waals surface area contributed by atoms with Crippen LogP contribution >= 0.6 is 15.9 Å². The van der Waals surface area contributed by atoms with E-state index in [2.05, 4.69) is 33.5 Å². The highest BCUT2D eigenvalue weighted by molar-refractivity contribution is 9.10. The third-order valence-electron chi connectivity index (χ3n) is 5.42. The van der Waals surface area contributed by atoms with Gasteiger partial charge in [-0.3, -0.25) is 14.5 Å². The van der Waals surface area contributed by atoms with Gasteiger partial charge in [0.15, 0.2) is 0 Å². The van der Waals surface area contributed by atoms with Crippen LogP contribution in [0.3, 0.4) is 0 Å². The first-order chi connectivity index (χ1) is 12.3. The van der Waals surface area contributed by atoms with Crippen LogP contribution in [0, 0.1) is 5.92 Å². The fourth-order valence-corrected chi connectivity index (χ4v) is 4.38. The molecule has 1 aromatic rings. The number of amides is 4. The number of hydrogen-bond acceptors (Lipinski definition) is 3. The van der Waals surface area contributed by atoms with E-state index in [4.69, 9.17) is 0 Å². The second kappa shape index (κ2) is 7.39. The van der Waals surface area contributed by atoms with Crippen molar-refractivity contribution in [1.82, 2.24) is 15.5 Å². The van der Waals surface area contributed by atoms with Gasteiger partial charge in [0, 0.05) is 4.47 Å². The maximum Gasteiger partial charge on any atom is 0.325 e. The molecule has 4 amide bonds. The van der Waals surface area contributed by atoms with Crippen LogP contribution < -0.4 is 10.6 Å². The second-order valence-electron chi connectivity index (χ2n) is 7.40. The first-order valence-corrected chi connectivity index (χ1v) is 9.79. The molecule has 26 heavy (non-hydrogen) atoms. The Morgan fingerprint density at radius 3 is 2.65 bits per heavy atom. The lowest BCUT2D eigenvalue weighted by Crippen LogP contribution is -2.50. The van der Waals surface area contributed by atoms with E-state index in [0.29, 0.717) is 18.8 Å². The number of rotatable bonds is 4. The zero-order valence-corrected chi connectivity index (χ0v) is 16.6. The van der Waals surface area contributed by atoms with E-state index in [-0.39, 0.29) is 24.4 Å². The van der Waals surface area contributed by atoms with Crippen molar-refractivity contribution in [3.8, 4) is 0 Å². The minimum Gasteiger partial charge on any atom is -0.348 e. The van der Waals surface area contributed by atoms with E-state index in [1.54, 1.807) is 0 Å². The van der Waals surface area contributed by atoms with Gasteiger partial charge in [-0.1, -0.05) is 41.1 Å². The molecule has 2 N–H and O–H groups in total. The Balaban J connectivity index is 1.63. The number of benzene rings is 1. The van der Waals surface area contributed by atoms with E-state index < -0.39 is 11.6 Å². The molecule has 1 saturated heterocycles. The lowest BCUT2D eigenvalue weighted by Gasteiger charge is -2.33. The van der Waals surface area contributed by atoms with Crippen molar-refractivity contribution in [2.75, 3.05) is 6.54 Å². The molecule has 1 aliphatic heterocycles. The van der Waals surface area contributed by atoms with Crippen molar-refractivity contribution < 1.29 is 14.4 Å². The molecule has 1 heterocycles. The SMILES string of the molecule is CC1CCC2(CC1)NC(=O)N(CC(=O)N[C@H](C)c1ccccc1Br)C2=O. The van der Waals surface area contributed by atoms with Crippen molar-refractivity contribution in [3.63, 3.8) is 0 Å². The monoisotopic (exact) mass is 421 g/mol. The van der Waals surface area contributed by atoms with Crippen molar-refractivity contribution in [3.05, 3.63) is 34.3 Å². The molecule has 1 spiro atoms. The van der Waals surface area contributed by atoms with Gasteiger partial charge in [0.25, 0.3) is 5.91 Å². The molecule has 2 fully saturated rings. The standard InChI is InChI=1S/C19H24BrN3O3/c1-12-7-9-19(10-8-12)17(25)23(18(26)22-19)11-16(24)21-13(2)14-5-3-4-6-15(14)20/h3-6,12-13H,7-11H2,1-2H3,(H,21,24)(H,22,26)/t12?,13-,19?/m1/s1. The van der Waals surface area contributed by atoms with Gasteiger partial charge in [-0.05, 0) is 50.2 Å².